The van der Waals surface area contributed by atoms with Crippen LogP contribution in [-0.2, 0) is 105 Å². The zero-order chi connectivity index (χ0) is 79.6. The van der Waals surface area contributed by atoms with Gasteiger partial charge in [-0.25, -0.2) is 0 Å². The summed E-state index contributed by atoms with van der Waals surface area (Å²) in [5, 5.41) is 162. The summed E-state index contributed by atoms with van der Waals surface area (Å²) in [6.07, 6.45) is -1.06. The lowest BCUT2D eigenvalue weighted by Crippen LogP contribution is -2.64. The fraction of sp³-hybridized carbons (Fsp3) is 0.845. The van der Waals surface area contributed by atoms with E-state index in [2.05, 4.69) is 51.5 Å². The second-order valence-electron chi connectivity index (χ2n) is 30.6. The summed E-state index contributed by atoms with van der Waals surface area (Å²) < 4.78 is 54.0. The molecule has 16 N–H and O–H groups in total. The molecule has 4 aliphatic heterocycles. The highest BCUT2D eigenvalue weighted by Gasteiger charge is 2.48. The lowest BCUT2D eigenvalue weighted by molar-refractivity contribution is -0.754. The van der Waals surface area contributed by atoms with E-state index in [1.807, 2.05) is 54.9 Å². The van der Waals surface area contributed by atoms with Crippen molar-refractivity contribution in [3.8, 4) is 0 Å². The molecule has 4 aromatic rings. The van der Waals surface area contributed by atoms with Crippen molar-refractivity contribution in [3.05, 3.63) is 47.6 Å². The summed E-state index contributed by atoms with van der Waals surface area (Å²) in [4.78, 5) is 43.4. The number of aryl methyl sites for hydroxylation is 4. The number of amides is 2. The average Bonchev–Trinajstić information content (AvgIpc) is 0.940. The first kappa shape index (κ1) is 89.8. The maximum atomic E-state index is 15.1. The number of aromatic amines is 2. The number of hydrogen-bond donors (Lipinski definition) is 16. The number of unbranched alkanes of at least 4 members (excludes halogenated alkanes) is 8. The van der Waals surface area contributed by atoms with Gasteiger partial charge in [0.15, 0.2) is 43.3 Å². The van der Waals surface area contributed by atoms with Crippen LogP contribution in [0.5, 0.6) is 0 Å². The summed E-state index contributed by atoms with van der Waals surface area (Å²) >= 11 is 0. The Bertz CT molecular complexity index is 3310. The maximum Gasteiger partial charge on any atom is 0.232 e. The van der Waals surface area contributed by atoms with Crippen molar-refractivity contribution in [3.63, 3.8) is 0 Å². The molecule has 2 amide bonds. The first-order valence-corrected chi connectivity index (χ1v) is 38.9. The van der Waals surface area contributed by atoms with Crippen molar-refractivity contribution in [2.24, 2.45) is 17.3 Å². The molecule has 39 nitrogen and oxygen atoms in total. The molecular weight excluding hydrogens is 1440 g/mol. The predicted molar refractivity (Wildman–Crippen MR) is 382 cm³/mol. The normalized spacial score (nSPS) is 29.1. The van der Waals surface area contributed by atoms with Crippen molar-refractivity contribution in [1.29, 1.82) is 0 Å². The van der Waals surface area contributed by atoms with Crippen LogP contribution < -0.4 is 20.0 Å². The van der Waals surface area contributed by atoms with Gasteiger partial charge in [-0.3, -0.25) is 33.5 Å². The molecule has 39 heteroatoms. The predicted octanol–water partition coefficient (Wildman–Crippen LogP) is -3.86. The van der Waals surface area contributed by atoms with Gasteiger partial charge in [-0.15, -0.1) is 10.2 Å². The number of nitrogens with zero attached hydrogens (tertiary/aromatic N) is 12. The van der Waals surface area contributed by atoms with Crippen molar-refractivity contribution >= 4 is 17.6 Å². The highest BCUT2D eigenvalue weighted by Crippen LogP contribution is 2.31. The minimum absolute atomic E-state index is 0.0141. The van der Waals surface area contributed by atoms with E-state index in [1.54, 1.807) is 23.2 Å². The van der Waals surface area contributed by atoms with E-state index in [0.717, 1.165) is 49.9 Å². The molecule has 8 rings (SSSR count). The Hall–Kier alpha value is -5.71. The van der Waals surface area contributed by atoms with E-state index < -0.39 is 172 Å². The molecule has 0 aliphatic carbocycles. The van der Waals surface area contributed by atoms with E-state index in [-0.39, 0.29) is 32.1 Å². The second kappa shape index (κ2) is 44.8. The lowest BCUT2D eigenvalue weighted by Gasteiger charge is -2.42. The Morgan fingerprint density at radius 2 is 0.864 bits per heavy atom. The molecule has 4 aliphatic rings. The van der Waals surface area contributed by atoms with Gasteiger partial charge >= 0.3 is 0 Å². The van der Waals surface area contributed by atoms with E-state index in [9.17, 15) is 70.9 Å². The van der Waals surface area contributed by atoms with Crippen LogP contribution in [0.4, 0.5) is 0 Å². The molecule has 0 radical (unpaired) electrons. The van der Waals surface area contributed by atoms with Crippen LogP contribution >= 0.6 is 0 Å². The van der Waals surface area contributed by atoms with Crippen LogP contribution in [-0.4, -0.2) is 315 Å². The second-order valence-corrected chi connectivity index (χ2v) is 30.6. The van der Waals surface area contributed by atoms with Crippen LogP contribution in [0.25, 0.3) is 0 Å². The monoisotopic (exact) mass is 1570 g/mol. The van der Waals surface area contributed by atoms with E-state index in [1.165, 1.54) is 13.8 Å². The molecule has 0 aromatic carbocycles. The number of nitrogens with one attached hydrogen (secondary N) is 4. The van der Waals surface area contributed by atoms with Gasteiger partial charge in [-0.1, -0.05) is 55.5 Å². The number of Topliss-reactive ketones (excluding diaryl/α,β-unsaturated/α-hetero) is 1. The smallest absolute Gasteiger partial charge is 0.232 e. The average molecular weight is 1570 g/mol. The van der Waals surface area contributed by atoms with Gasteiger partial charge in [0.05, 0.1) is 69.2 Å². The Morgan fingerprint density at radius 3 is 1.27 bits per heavy atom. The first-order chi connectivity index (χ1) is 52.7. The standard InChI is InChI=1S/C71H122N16O23/c1-43-58(94)60(96)52(39-88)107-67(43)103-27-16-8-12-23-84-35-47(74-78-84)31-82(32-48-36-85(79-75-48)24-14-10-18-29-105-69-56(72-45(3)92)64(100)62(98)54(41-90)109-69)22-20-21-51(66(102)71(5,6)7)83(33-49-37-86(80-76-49)25-13-9-17-28-104-68-44(2)59(95)61(97)53(40-89)108-68)34-50-38-87(81-77-50)26-15-11-19-30-106-70-57(73-46(4)93)65(101)63(99)55(42-91)110-70/h35-38,43-44,51-65,67-70,88-91,94-101H,8-34,39-42H2,1-7H3,(H2,72,73,92,93)/p+2/t43-,44-,51?,52-,53-,54-,55-,56-,57-,58-,59-,60+,61+,62+,63+,64-,65-,67-,68-,69-,70-/m1/s1. The van der Waals surface area contributed by atoms with Crippen LogP contribution in [0.2, 0.25) is 0 Å². The number of carbonyl (C=O) groups excluding carboxylic acids is 3. The third-order valence-electron chi connectivity index (χ3n) is 20.5. The number of H-pyrrole nitrogens is 2. The Balaban J connectivity index is 0.929. The number of aliphatic hydroxyl groups excluding tert-OH is 12. The molecule has 0 saturated carbocycles. The van der Waals surface area contributed by atoms with Crippen molar-refractivity contribution < 1.29 is 123 Å². The van der Waals surface area contributed by atoms with Crippen LogP contribution in [0.3, 0.4) is 0 Å². The maximum absolute atomic E-state index is 15.1. The first-order valence-electron chi connectivity index (χ1n) is 38.9. The molecule has 4 fully saturated rings. The largest absolute Gasteiger partial charge is 0.394 e. The fourth-order valence-corrected chi connectivity index (χ4v) is 14.1. The van der Waals surface area contributed by atoms with Crippen molar-refractivity contribution in [1.82, 2.24) is 71.0 Å². The van der Waals surface area contributed by atoms with Crippen molar-refractivity contribution in [2.45, 2.75) is 307 Å². The van der Waals surface area contributed by atoms with Crippen molar-refractivity contribution in [2.75, 3.05) is 59.4 Å². The van der Waals surface area contributed by atoms with Gasteiger partial charge in [0.25, 0.3) is 0 Å². The van der Waals surface area contributed by atoms with Gasteiger partial charge in [-0.05, 0) is 96.4 Å². The molecular formula is C71H124N16O23+2. The Morgan fingerprint density at radius 1 is 0.500 bits per heavy atom. The van der Waals surface area contributed by atoms with E-state index >= 15 is 4.79 Å². The molecule has 8 heterocycles. The Kier molecular flexibility index (Phi) is 36.6. The minimum Gasteiger partial charge on any atom is -0.394 e. The van der Waals surface area contributed by atoms with Gasteiger partial charge in [0.1, 0.15) is 86.2 Å². The third kappa shape index (κ3) is 26.7. The Labute approximate surface area is 640 Å². The topological polar surface area (TPSA) is 525 Å². The molecule has 4 saturated heterocycles. The molecule has 0 spiro atoms. The van der Waals surface area contributed by atoms with Crippen LogP contribution in [0, 0.1) is 17.3 Å². The summed E-state index contributed by atoms with van der Waals surface area (Å²) in [6, 6.07) is -2.72. The lowest BCUT2D eigenvalue weighted by atomic mass is 9.84. The third-order valence-corrected chi connectivity index (χ3v) is 20.5. The van der Waals surface area contributed by atoms with Gasteiger partial charge in [-0.2, -0.15) is 9.36 Å². The van der Waals surface area contributed by atoms with E-state index in [0.29, 0.717) is 122 Å². The van der Waals surface area contributed by atoms with Gasteiger partial charge in [0, 0.05) is 106 Å². The minimum atomic E-state index is -1.43. The number of carbonyl (C=O) groups is 3. The molecule has 0 bridgehead atoms. The fourth-order valence-electron chi connectivity index (χ4n) is 14.1. The number of rotatable bonds is 48. The molecule has 1 unspecified atom stereocenters. The van der Waals surface area contributed by atoms with Crippen LogP contribution in [0.15, 0.2) is 24.8 Å². The summed E-state index contributed by atoms with van der Waals surface area (Å²) in [5.41, 5.74) is 2.00. The molecule has 624 valence electrons. The molecule has 21 atom stereocenters. The molecule has 4 aromatic heterocycles. The number of ketones is 1. The number of hydrogen-bond acceptors (Lipinski definition) is 31. The zero-order valence-corrected chi connectivity index (χ0v) is 64.6. The molecule has 110 heavy (non-hydrogen) atoms. The van der Waals surface area contributed by atoms with Gasteiger partial charge < -0.3 is 110 Å². The van der Waals surface area contributed by atoms with Gasteiger partial charge in [0.2, 0.25) is 23.2 Å². The number of ether oxygens (including phenoxy) is 8. The SMILES string of the molecule is CC(=O)N[C@H]1[C@H](OCCCCC[n+]2cc(CN(CCCC(C(=O)C(C)(C)C)N(Cc3cn(CCCCCO[C@@H]4O[C@H](CO)[C@H](O)[C@H](O)[C@H]4C)nn3)Cc3c[n+](CCCCCO[C@@H]4O[C@H](CO)[C@H](O)[C@H](O)[C@H]4NC(C)=O)[nH]n3)Cc3cn(CCCCCO[C@@H]4O[C@H](CO)[C@H](O)[C@H](O)[C@H]4C)nn3)n[nH]2)O[C@H](CO)[C@H](O)[C@@H]1O. The number of aromatic nitrogens is 12. The zero-order valence-electron chi connectivity index (χ0n) is 64.6. The quantitative estimate of drug-likeness (QED) is 0.0149. The number of aliphatic hydroxyl groups is 12. The van der Waals surface area contributed by atoms with Crippen LogP contribution in [0.1, 0.15) is 161 Å². The van der Waals surface area contributed by atoms with E-state index in [4.69, 9.17) is 48.1 Å². The summed E-state index contributed by atoms with van der Waals surface area (Å²) in [5.74, 6) is -1.87. The highest BCUT2D eigenvalue weighted by molar-refractivity contribution is 5.88. The highest BCUT2D eigenvalue weighted by atomic mass is 16.7. The summed E-state index contributed by atoms with van der Waals surface area (Å²) in [6.45, 7) is 14.9. The summed E-state index contributed by atoms with van der Waals surface area (Å²) in [7, 11) is 0.